The van der Waals surface area contributed by atoms with E-state index in [9.17, 15) is 9.59 Å². The summed E-state index contributed by atoms with van der Waals surface area (Å²) in [6.07, 6.45) is 1.77. The number of carbonyl (C=O) groups excluding carboxylic acids is 2. The van der Waals surface area contributed by atoms with E-state index in [0.717, 1.165) is 12.8 Å². The Kier molecular flexibility index (Phi) is 5.97. The van der Waals surface area contributed by atoms with E-state index in [1.807, 2.05) is 27.7 Å². The van der Waals surface area contributed by atoms with Crippen LogP contribution in [0.5, 0.6) is 0 Å². The van der Waals surface area contributed by atoms with E-state index < -0.39 is 6.09 Å². The van der Waals surface area contributed by atoms with Crippen molar-refractivity contribution in [1.82, 2.24) is 5.32 Å². The van der Waals surface area contributed by atoms with Gasteiger partial charge in [-0.15, -0.1) is 0 Å². The van der Waals surface area contributed by atoms with Crippen LogP contribution in [0.1, 0.15) is 47.0 Å². The van der Waals surface area contributed by atoms with Gasteiger partial charge in [-0.2, -0.15) is 0 Å². The van der Waals surface area contributed by atoms with Crippen LogP contribution in [0.2, 0.25) is 0 Å². The Hall–Kier alpha value is -1.06. The van der Waals surface area contributed by atoms with E-state index >= 15 is 0 Å². The first-order chi connectivity index (χ1) is 6.85. The van der Waals surface area contributed by atoms with Gasteiger partial charge in [0.1, 0.15) is 0 Å². The number of hydrogen-bond donors (Lipinski definition) is 1. The third-order valence-electron chi connectivity index (χ3n) is 1.65. The largest absolute Gasteiger partial charge is 0.442 e. The number of alkyl carbamates (subject to hydrolysis) is 1. The molecule has 0 radical (unpaired) electrons. The van der Waals surface area contributed by atoms with E-state index in [0.29, 0.717) is 6.42 Å². The molecular weight excluding hydrogens is 194 g/mol. The molecule has 0 aliphatic heterocycles. The average molecular weight is 215 g/mol. The van der Waals surface area contributed by atoms with Gasteiger partial charge in [0.25, 0.3) is 0 Å². The van der Waals surface area contributed by atoms with Gasteiger partial charge < -0.3 is 10.1 Å². The van der Waals surface area contributed by atoms with Gasteiger partial charge in [-0.25, -0.2) is 4.79 Å². The average Bonchev–Trinajstić information content (AvgIpc) is 2.08. The van der Waals surface area contributed by atoms with E-state index in [2.05, 4.69) is 5.32 Å². The van der Waals surface area contributed by atoms with Crippen LogP contribution in [0.15, 0.2) is 0 Å². The zero-order chi connectivity index (χ0) is 11.9. The molecule has 0 aliphatic rings. The minimum absolute atomic E-state index is 0.0269. The lowest BCUT2D eigenvalue weighted by Gasteiger charge is -2.19. The fourth-order valence-electron chi connectivity index (χ4n) is 0.934. The Labute approximate surface area is 91.4 Å². The van der Waals surface area contributed by atoms with E-state index in [1.165, 1.54) is 0 Å². The van der Waals surface area contributed by atoms with Crippen molar-refractivity contribution in [1.29, 1.82) is 0 Å². The van der Waals surface area contributed by atoms with Crippen molar-refractivity contribution >= 4 is 11.9 Å². The topological polar surface area (TPSA) is 55.4 Å². The molecule has 0 aromatic heterocycles. The number of hydrogen-bond acceptors (Lipinski definition) is 3. The second kappa shape index (κ2) is 6.43. The Morgan fingerprint density at radius 1 is 1.27 bits per heavy atom. The quantitative estimate of drug-likeness (QED) is 0.765. The Bertz CT molecular complexity index is 218. The summed E-state index contributed by atoms with van der Waals surface area (Å²) in [5.41, 5.74) is -0.330. The molecule has 0 aliphatic carbocycles. The molecule has 4 nitrogen and oxygen atoms in total. The molecule has 0 aromatic carbocycles. The predicted molar refractivity (Wildman–Crippen MR) is 58.8 cm³/mol. The monoisotopic (exact) mass is 215 g/mol. The number of ether oxygens (including phenoxy) is 1. The van der Waals surface area contributed by atoms with E-state index in [1.54, 1.807) is 0 Å². The predicted octanol–water partition coefficient (Wildman–Crippen LogP) is 2.27. The third-order valence-corrected chi connectivity index (χ3v) is 1.65. The smallest absolute Gasteiger partial charge is 0.407 e. The zero-order valence-corrected chi connectivity index (χ0v) is 10.1. The van der Waals surface area contributed by atoms with Gasteiger partial charge in [-0.3, -0.25) is 4.79 Å². The van der Waals surface area contributed by atoms with Gasteiger partial charge in [0.15, 0.2) is 12.4 Å². The summed E-state index contributed by atoms with van der Waals surface area (Å²) in [7, 11) is 0. The van der Waals surface area contributed by atoms with E-state index in [-0.39, 0.29) is 17.9 Å². The molecule has 88 valence electrons. The number of rotatable bonds is 5. The molecular formula is C11H21NO3. The molecule has 1 amide bonds. The van der Waals surface area contributed by atoms with Crippen LogP contribution < -0.4 is 5.32 Å². The molecule has 0 heterocycles. The lowest BCUT2D eigenvalue weighted by Crippen LogP contribution is -2.41. The van der Waals surface area contributed by atoms with Gasteiger partial charge in [0, 0.05) is 12.0 Å². The normalized spacial score (nSPS) is 10.9. The van der Waals surface area contributed by atoms with Crippen LogP contribution in [0.3, 0.4) is 0 Å². The molecule has 4 heteroatoms. The van der Waals surface area contributed by atoms with Gasteiger partial charge in [-0.05, 0) is 27.2 Å². The number of ketones is 1. The standard InChI is InChI=1S/C11H21NO3/c1-5-6-7-9(13)8-15-10(14)12-11(2,3)4/h5-8H2,1-4H3,(H,12,14). The third kappa shape index (κ3) is 9.25. The number of carbonyl (C=O) groups is 2. The zero-order valence-electron chi connectivity index (χ0n) is 10.1. The van der Waals surface area contributed by atoms with E-state index in [4.69, 9.17) is 4.74 Å². The molecule has 0 saturated carbocycles. The Morgan fingerprint density at radius 2 is 1.87 bits per heavy atom. The van der Waals surface area contributed by atoms with Gasteiger partial charge in [0.05, 0.1) is 0 Å². The van der Waals surface area contributed by atoms with Crippen molar-refractivity contribution in [3.8, 4) is 0 Å². The van der Waals surface area contributed by atoms with Crippen LogP contribution in [0.4, 0.5) is 4.79 Å². The molecule has 0 unspecified atom stereocenters. The Balaban J connectivity index is 3.67. The van der Waals surface area contributed by atoms with Crippen LogP contribution in [-0.2, 0) is 9.53 Å². The highest BCUT2D eigenvalue weighted by atomic mass is 16.6. The molecule has 0 aromatic rings. The highest BCUT2D eigenvalue weighted by molar-refractivity contribution is 5.82. The molecule has 0 spiro atoms. The fourth-order valence-corrected chi connectivity index (χ4v) is 0.934. The molecule has 1 N–H and O–H groups in total. The first-order valence-corrected chi connectivity index (χ1v) is 5.32. The number of amides is 1. The maximum absolute atomic E-state index is 11.2. The summed E-state index contributed by atoms with van der Waals surface area (Å²) in [6, 6.07) is 0. The summed E-state index contributed by atoms with van der Waals surface area (Å²) >= 11 is 0. The van der Waals surface area contributed by atoms with Crippen LogP contribution in [0.25, 0.3) is 0 Å². The van der Waals surface area contributed by atoms with Crippen LogP contribution >= 0.6 is 0 Å². The minimum atomic E-state index is -0.535. The number of unbranched alkanes of at least 4 members (excludes halogenated alkanes) is 1. The SMILES string of the molecule is CCCCC(=O)COC(=O)NC(C)(C)C. The molecule has 0 atom stereocenters. The van der Waals surface area contributed by atoms with Crippen molar-refractivity contribution < 1.29 is 14.3 Å². The summed E-state index contributed by atoms with van der Waals surface area (Å²) < 4.78 is 4.78. The lowest BCUT2D eigenvalue weighted by molar-refractivity contribution is -0.122. The molecule has 0 bridgehead atoms. The highest BCUT2D eigenvalue weighted by Gasteiger charge is 2.15. The van der Waals surface area contributed by atoms with Crippen molar-refractivity contribution in [3.05, 3.63) is 0 Å². The molecule has 0 saturated heterocycles. The molecule has 0 rings (SSSR count). The lowest BCUT2D eigenvalue weighted by atomic mass is 10.1. The highest BCUT2D eigenvalue weighted by Crippen LogP contribution is 2.00. The number of nitrogens with one attached hydrogen (secondary N) is 1. The maximum atomic E-state index is 11.2. The van der Waals surface area contributed by atoms with Crippen molar-refractivity contribution in [3.63, 3.8) is 0 Å². The number of Topliss-reactive ketones (excluding diaryl/α,β-unsaturated/α-hetero) is 1. The Morgan fingerprint density at radius 3 is 2.33 bits per heavy atom. The first kappa shape index (κ1) is 13.9. The van der Waals surface area contributed by atoms with Crippen molar-refractivity contribution in [2.24, 2.45) is 0 Å². The minimum Gasteiger partial charge on any atom is -0.442 e. The van der Waals surface area contributed by atoms with Crippen LogP contribution in [-0.4, -0.2) is 24.0 Å². The second-order valence-corrected chi connectivity index (χ2v) is 4.59. The van der Waals surface area contributed by atoms with Crippen molar-refractivity contribution in [2.75, 3.05) is 6.61 Å². The van der Waals surface area contributed by atoms with Gasteiger partial charge in [0.2, 0.25) is 0 Å². The van der Waals surface area contributed by atoms with Gasteiger partial charge >= 0.3 is 6.09 Å². The maximum Gasteiger partial charge on any atom is 0.407 e. The first-order valence-electron chi connectivity index (χ1n) is 5.32. The summed E-state index contributed by atoms with van der Waals surface area (Å²) in [5.74, 6) is -0.0269. The summed E-state index contributed by atoms with van der Waals surface area (Å²) in [5, 5.41) is 2.62. The summed E-state index contributed by atoms with van der Waals surface area (Å²) in [4.78, 5) is 22.3. The fraction of sp³-hybridized carbons (Fsp3) is 0.818. The molecule has 15 heavy (non-hydrogen) atoms. The molecule has 0 fully saturated rings. The van der Waals surface area contributed by atoms with Crippen molar-refractivity contribution in [2.45, 2.75) is 52.5 Å². The second-order valence-electron chi connectivity index (χ2n) is 4.59. The summed E-state index contributed by atoms with van der Waals surface area (Å²) in [6.45, 7) is 7.45. The van der Waals surface area contributed by atoms with Gasteiger partial charge in [-0.1, -0.05) is 13.3 Å². The van der Waals surface area contributed by atoms with Crippen LogP contribution in [0, 0.1) is 0 Å².